The number of hydrogen-bond donors (Lipinski definition) is 2. The summed E-state index contributed by atoms with van der Waals surface area (Å²) in [5, 5.41) is 5.89. The number of nitrogens with two attached hydrogens (primary N) is 1. The zero-order chi connectivity index (χ0) is 15.9. The third kappa shape index (κ3) is 4.42. The number of ether oxygens (including phenoxy) is 1. The topological polar surface area (TPSA) is 93.8 Å². The van der Waals surface area contributed by atoms with E-state index in [4.69, 9.17) is 10.5 Å². The number of thiophene rings is 1. The maximum absolute atomic E-state index is 11.8. The first-order valence-corrected chi connectivity index (χ1v) is 7.34. The third-order valence-corrected chi connectivity index (χ3v) is 3.59. The van der Waals surface area contributed by atoms with Crippen LogP contribution in [0.25, 0.3) is 0 Å². The van der Waals surface area contributed by atoms with Crippen LogP contribution in [0.1, 0.15) is 22.2 Å². The smallest absolute Gasteiger partial charge is 0.281 e. The molecule has 1 aromatic carbocycles. The number of hydrazone groups is 1. The Bertz CT molecular complexity index is 679. The molecule has 0 unspecified atom stereocenters. The molecule has 6 nitrogen and oxygen atoms in total. The molecule has 7 heteroatoms. The Morgan fingerprint density at radius 1 is 1.27 bits per heavy atom. The van der Waals surface area contributed by atoms with E-state index in [1.54, 1.807) is 43.3 Å². The molecular weight excluding hydrogens is 302 g/mol. The zero-order valence-electron chi connectivity index (χ0n) is 11.9. The van der Waals surface area contributed by atoms with Crippen molar-refractivity contribution in [2.75, 3.05) is 6.61 Å². The van der Waals surface area contributed by atoms with Crippen molar-refractivity contribution < 1.29 is 14.3 Å². The molecule has 0 atom stereocenters. The first kappa shape index (κ1) is 15.7. The van der Waals surface area contributed by atoms with Gasteiger partial charge in [0.05, 0.1) is 10.6 Å². The minimum absolute atomic E-state index is 0.163. The van der Waals surface area contributed by atoms with Crippen molar-refractivity contribution in [1.82, 2.24) is 5.43 Å². The second-order valence-corrected chi connectivity index (χ2v) is 5.34. The van der Waals surface area contributed by atoms with Crippen LogP contribution in [0.2, 0.25) is 0 Å². The van der Waals surface area contributed by atoms with Gasteiger partial charge in [-0.15, -0.1) is 11.3 Å². The van der Waals surface area contributed by atoms with Crippen LogP contribution in [-0.2, 0) is 4.79 Å². The lowest BCUT2D eigenvalue weighted by molar-refractivity contribution is -0.119. The van der Waals surface area contributed by atoms with Gasteiger partial charge in [0.2, 0.25) is 0 Å². The summed E-state index contributed by atoms with van der Waals surface area (Å²) in [7, 11) is 0. The second kappa shape index (κ2) is 7.37. The molecule has 2 aromatic rings. The first-order chi connectivity index (χ1) is 10.6. The van der Waals surface area contributed by atoms with Crippen LogP contribution < -0.4 is 15.9 Å². The van der Waals surface area contributed by atoms with Crippen molar-refractivity contribution >= 4 is 28.9 Å². The van der Waals surface area contributed by atoms with E-state index in [0.29, 0.717) is 16.3 Å². The van der Waals surface area contributed by atoms with Gasteiger partial charge in [-0.1, -0.05) is 6.07 Å². The van der Waals surface area contributed by atoms with Crippen LogP contribution in [0.4, 0.5) is 0 Å². The number of benzene rings is 1. The van der Waals surface area contributed by atoms with E-state index in [1.165, 1.54) is 11.3 Å². The molecule has 22 heavy (non-hydrogen) atoms. The van der Waals surface area contributed by atoms with Crippen LogP contribution >= 0.6 is 11.3 Å². The Kier molecular flexibility index (Phi) is 5.26. The highest BCUT2D eigenvalue weighted by molar-refractivity contribution is 7.12. The molecule has 2 rings (SSSR count). The van der Waals surface area contributed by atoms with E-state index in [0.717, 1.165) is 5.56 Å². The number of carbonyl (C=O) groups excluding carboxylic acids is 2. The van der Waals surface area contributed by atoms with Gasteiger partial charge in [0.1, 0.15) is 5.75 Å². The van der Waals surface area contributed by atoms with Crippen molar-refractivity contribution in [3.63, 3.8) is 0 Å². The highest BCUT2D eigenvalue weighted by Crippen LogP contribution is 2.13. The molecule has 0 fully saturated rings. The van der Waals surface area contributed by atoms with Crippen molar-refractivity contribution in [3.8, 4) is 5.75 Å². The van der Waals surface area contributed by atoms with Crippen molar-refractivity contribution in [2.45, 2.75) is 6.92 Å². The van der Waals surface area contributed by atoms with E-state index < -0.39 is 5.91 Å². The molecule has 0 bridgehead atoms. The zero-order valence-corrected chi connectivity index (χ0v) is 12.7. The Balaban J connectivity index is 1.96. The molecule has 114 valence electrons. The van der Waals surface area contributed by atoms with Gasteiger partial charge in [0, 0.05) is 0 Å². The number of carbonyl (C=O) groups is 2. The maximum atomic E-state index is 11.8. The van der Waals surface area contributed by atoms with Crippen molar-refractivity contribution in [3.05, 3.63) is 52.2 Å². The van der Waals surface area contributed by atoms with Crippen LogP contribution in [0.3, 0.4) is 0 Å². The summed E-state index contributed by atoms with van der Waals surface area (Å²) in [6.45, 7) is 1.62. The minimum Gasteiger partial charge on any atom is -0.484 e. The summed E-state index contributed by atoms with van der Waals surface area (Å²) in [6, 6.07) is 10.5. The third-order valence-electron chi connectivity index (χ3n) is 2.72. The summed E-state index contributed by atoms with van der Waals surface area (Å²) in [5.41, 5.74) is 9.00. The molecular formula is C15H15N3O3S. The van der Waals surface area contributed by atoms with E-state index in [9.17, 15) is 9.59 Å². The fourth-order valence-corrected chi connectivity index (χ4v) is 2.22. The number of nitrogens with zero attached hydrogens (tertiary/aromatic N) is 1. The average molecular weight is 317 g/mol. The Labute approximate surface area is 131 Å². The molecule has 0 saturated carbocycles. The average Bonchev–Trinajstić information content (AvgIpc) is 3.05. The van der Waals surface area contributed by atoms with Gasteiger partial charge in [-0.05, 0) is 48.2 Å². The minimum atomic E-state index is -0.530. The van der Waals surface area contributed by atoms with Gasteiger partial charge in [0.15, 0.2) is 6.61 Å². The molecule has 0 saturated heterocycles. The van der Waals surface area contributed by atoms with Gasteiger partial charge in [-0.3, -0.25) is 9.59 Å². The van der Waals surface area contributed by atoms with E-state index in [-0.39, 0.29) is 12.5 Å². The maximum Gasteiger partial charge on any atom is 0.281 e. The summed E-state index contributed by atoms with van der Waals surface area (Å²) in [6.07, 6.45) is 0. The van der Waals surface area contributed by atoms with Crippen LogP contribution in [-0.4, -0.2) is 24.1 Å². The Morgan fingerprint density at radius 2 is 2.00 bits per heavy atom. The fraction of sp³-hybridized carbons (Fsp3) is 0.133. The summed E-state index contributed by atoms with van der Waals surface area (Å²) in [5.74, 6) is -0.230. The number of rotatable bonds is 6. The number of nitrogens with one attached hydrogen (secondary N) is 1. The van der Waals surface area contributed by atoms with E-state index in [1.807, 2.05) is 5.38 Å². The van der Waals surface area contributed by atoms with Crippen LogP contribution in [0.5, 0.6) is 5.75 Å². The largest absolute Gasteiger partial charge is 0.484 e. The van der Waals surface area contributed by atoms with Gasteiger partial charge >= 0.3 is 0 Å². The molecule has 0 aliphatic rings. The normalized spacial score (nSPS) is 11.0. The predicted molar refractivity (Wildman–Crippen MR) is 85.1 cm³/mol. The molecule has 0 radical (unpaired) electrons. The highest BCUT2D eigenvalue weighted by atomic mass is 32.1. The highest BCUT2D eigenvalue weighted by Gasteiger charge is 2.05. The number of hydrogen-bond acceptors (Lipinski definition) is 5. The standard InChI is InChI=1S/C15H15N3O3S/c1-10(17-18-15(20)13-3-2-8-22-13)11-4-6-12(7-5-11)21-9-14(16)19/h2-8H,9H2,1H3,(H2,16,19)(H,18,20)/b17-10+. The van der Waals surface area contributed by atoms with Gasteiger partial charge < -0.3 is 10.5 Å². The molecule has 0 spiro atoms. The SMILES string of the molecule is C/C(=N\NC(=O)c1cccs1)c1ccc(OCC(N)=O)cc1. The van der Waals surface area contributed by atoms with Gasteiger partial charge in [-0.25, -0.2) is 5.43 Å². The first-order valence-electron chi connectivity index (χ1n) is 6.46. The van der Waals surface area contributed by atoms with Crippen molar-refractivity contribution in [2.24, 2.45) is 10.8 Å². The molecule has 0 aliphatic heterocycles. The van der Waals surface area contributed by atoms with Gasteiger partial charge in [0.25, 0.3) is 11.8 Å². The molecule has 3 N–H and O–H groups in total. The Morgan fingerprint density at radius 3 is 2.59 bits per heavy atom. The summed E-state index contributed by atoms with van der Waals surface area (Å²) < 4.78 is 5.17. The summed E-state index contributed by atoms with van der Waals surface area (Å²) >= 11 is 1.35. The van der Waals surface area contributed by atoms with Crippen molar-refractivity contribution in [1.29, 1.82) is 0 Å². The fourth-order valence-electron chi connectivity index (χ4n) is 1.61. The van der Waals surface area contributed by atoms with E-state index >= 15 is 0 Å². The second-order valence-electron chi connectivity index (χ2n) is 4.39. The molecule has 1 heterocycles. The summed E-state index contributed by atoms with van der Waals surface area (Å²) in [4.78, 5) is 23.0. The molecule has 2 amide bonds. The van der Waals surface area contributed by atoms with E-state index in [2.05, 4.69) is 10.5 Å². The lowest BCUT2D eigenvalue weighted by Crippen LogP contribution is -2.20. The molecule has 0 aliphatic carbocycles. The monoisotopic (exact) mass is 317 g/mol. The quantitative estimate of drug-likeness (QED) is 0.628. The van der Waals surface area contributed by atoms with Gasteiger partial charge in [-0.2, -0.15) is 5.10 Å². The number of amides is 2. The lowest BCUT2D eigenvalue weighted by Gasteiger charge is -2.05. The lowest BCUT2D eigenvalue weighted by atomic mass is 10.1. The predicted octanol–water partition coefficient (Wildman–Crippen LogP) is 1.77. The van der Waals surface area contributed by atoms with Crippen LogP contribution in [0.15, 0.2) is 46.9 Å². The Hall–Kier alpha value is -2.67. The van der Waals surface area contributed by atoms with Crippen LogP contribution in [0, 0.1) is 0 Å². The molecule has 1 aromatic heterocycles. The number of primary amides is 1.